The van der Waals surface area contributed by atoms with Gasteiger partial charge < -0.3 is 0 Å². The highest BCUT2D eigenvalue weighted by Crippen LogP contribution is 2.25. The molecule has 0 unspecified atom stereocenters. The zero-order valence-electron chi connectivity index (χ0n) is 14.8. The molecule has 0 radical (unpaired) electrons. The molecule has 3 rings (SSSR count). The first-order valence-corrected chi connectivity index (χ1v) is 8.10. The molecule has 2 N–H and O–H groups in total. The number of aromatic nitrogens is 2. The van der Waals surface area contributed by atoms with Gasteiger partial charge in [0.2, 0.25) is 0 Å². The normalized spacial score (nSPS) is 10.4. The zero-order valence-corrected chi connectivity index (χ0v) is 14.8. The number of carbonyl (C=O) groups is 2. The fourth-order valence-corrected chi connectivity index (χ4v) is 2.52. The molecule has 0 saturated heterocycles. The number of rotatable bonds is 4. The molecule has 1 heterocycles. The fraction of sp³-hybridized carbons (Fsp3) is 0.0556. The Kier molecular flexibility index (Phi) is 5.30. The molecule has 0 atom stereocenters. The van der Waals surface area contributed by atoms with Crippen molar-refractivity contribution >= 4 is 17.5 Å². The average Bonchev–Trinajstić information content (AvgIpc) is 3.07. The number of aryl methyl sites for hydroxylation is 1. The predicted octanol–water partition coefficient (Wildman–Crippen LogP) is 2.35. The summed E-state index contributed by atoms with van der Waals surface area (Å²) in [6, 6.07) is 7.60. The van der Waals surface area contributed by atoms with Gasteiger partial charge in [0.25, 0.3) is 17.5 Å². The lowest BCUT2D eigenvalue weighted by Crippen LogP contribution is -2.41. The summed E-state index contributed by atoms with van der Waals surface area (Å²) in [6.45, 7) is 0. The van der Waals surface area contributed by atoms with Crippen LogP contribution in [0.3, 0.4) is 0 Å². The van der Waals surface area contributed by atoms with Crippen molar-refractivity contribution in [1.82, 2.24) is 20.6 Å². The number of nitrogens with one attached hydrogen (secondary N) is 2. The third kappa shape index (κ3) is 4.24. The van der Waals surface area contributed by atoms with Gasteiger partial charge >= 0.3 is 0 Å². The Labute approximate surface area is 162 Å². The number of halogens is 2. The summed E-state index contributed by atoms with van der Waals surface area (Å²) in [5.41, 5.74) is 4.04. The van der Waals surface area contributed by atoms with Gasteiger partial charge in [0.05, 0.1) is 10.5 Å². The van der Waals surface area contributed by atoms with E-state index in [0.717, 1.165) is 24.3 Å². The molecule has 29 heavy (non-hydrogen) atoms. The van der Waals surface area contributed by atoms with E-state index in [2.05, 4.69) is 16.0 Å². The van der Waals surface area contributed by atoms with Crippen LogP contribution in [0.2, 0.25) is 0 Å². The van der Waals surface area contributed by atoms with Crippen molar-refractivity contribution < 1.29 is 23.3 Å². The lowest BCUT2D eigenvalue weighted by atomic mass is 10.1. The van der Waals surface area contributed by atoms with Gasteiger partial charge in [-0.25, -0.2) is 8.78 Å². The molecular weight excluding hydrogens is 388 g/mol. The number of nitrogens with zero attached hydrogens (tertiary/aromatic N) is 3. The SMILES string of the molecule is Cn1cc(C(=O)NNC(=O)c2ccc([N+](=O)[O-])cc2)c(-c2ccc(F)cc2F)n1. The number of benzene rings is 2. The number of hydrogen-bond donors (Lipinski definition) is 2. The molecule has 0 aliphatic rings. The molecule has 0 fully saturated rings. The summed E-state index contributed by atoms with van der Waals surface area (Å²) in [5, 5.41) is 14.7. The largest absolute Gasteiger partial charge is 0.274 e. The topological polar surface area (TPSA) is 119 Å². The Morgan fingerprint density at radius 1 is 1.07 bits per heavy atom. The van der Waals surface area contributed by atoms with Crippen LogP contribution in [-0.2, 0) is 7.05 Å². The average molecular weight is 401 g/mol. The molecule has 11 heteroatoms. The highest BCUT2D eigenvalue weighted by Gasteiger charge is 2.21. The van der Waals surface area contributed by atoms with Crippen molar-refractivity contribution in [2.24, 2.45) is 7.05 Å². The van der Waals surface area contributed by atoms with E-state index < -0.39 is 28.4 Å². The van der Waals surface area contributed by atoms with E-state index in [-0.39, 0.29) is 28.1 Å². The lowest BCUT2D eigenvalue weighted by Gasteiger charge is -2.08. The second-order valence-corrected chi connectivity index (χ2v) is 5.90. The summed E-state index contributed by atoms with van der Waals surface area (Å²) >= 11 is 0. The summed E-state index contributed by atoms with van der Waals surface area (Å²) in [5.74, 6) is -3.17. The number of hydrazine groups is 1. The van der Waals surface area contributed by atoms with Crippen LogP contribution >= 0.6 is 0 Å². The maximum Gasteiger partial charge on any atom is 0.273 e. The van der Waals surface area contributed by atoms with E-state index in [4.69, 9.17) is 0 Å². The molecule has 9 nitrogen and oxygen atoms in total. The van der Waals surface area contributed by atoms with E-state index in [1.54, 1.807) is 0 Å². The van der Waals surface area contributed by atoms with Crippen molar-refractivity contribution in [2.75, 3.05) is 0 Å². The van der Waals surface area contributed by atoms with Crippen molar-refractivity contribution in [1.29, 1.82) is 0 Å². The molecular formula is C18H13F2N5O4. The summed E-state index contributed by atoms with van der Waals surface area (Å²) in [7, 11) is 1.51. The highest BCUT2D eigenvalue weighted by atomic mass is 19.1. The van der Waals surface area contributed by atoms with Crippen LogP contribution in [0.15, 0.2) is 48.7 Å². The minimum Gasteiger partial charge on any atom is -0.274 e. The van der Waals surface area contributed by atoms with Gasteiger partial charge in [-0.05, 0) is 24.3 Å². The number of amides is 2. The molecule has 2 aromatic carbocycles. The van der Waals surface area contributed by atoms with Crippen LogP contribution in [0.1, 0.15) is 20.7 Å². The van der Waals surface area contributed by atoms with Crippen molar-refractivity contribution in [3.63, 3.8) is 0 Å². The van der Waals surface area contributed by atoms with Gasteiger partial charge in [-0.2, -0.15) is 5.10 Å². The molecule has 148 valence electrons. The summed E-state index contributed by atoms with van der Waals surface area (Å²) in [4.78, 5) is 34.6. The predicted molar refractivity (Wildman–Crippen MR) is 96.6 cm³/mol. The molecule has 0 spiro atoms. The smallest absolute Gasteiger partial charge is 0.273 e. The third-order valence-corrected chi connectivity index (χ3v) is 3.89. The minimum atomic E-state index is -0.896. The first kappa shape index (κ1) is 19.6. The Morgan fingerprint density at radius 2 is 1.72 bits per heavy atom. The van der Waals surface area contributed by atoms with Crippen molar-refractivity contribution in [2.45, 2.75) is 0 Å². The van der Waals surface area contributed by atoms with Crippen LogP contribution in [0, 0.1) is 21.7 Å². The fourth-order valence-electron chi connectivity index (χ4n) is 2.52. The molecule has 0 bridgehead atoms. The van der Waals surface area contributed by atoms with Gasteiger partial charge in [-0.1, -0.05) is 0 Å². The first-order chi connectivity index (χ1) is 13.8. The van der Waals surface area contributed by atoms with Gasteiger partial charge in [0, 0.05) is 42.6 Å². The minimum absolute atomic E-state index is 0.0351. The first-order valence-electron chi connectivity index (χ1n) is 8.10. The number of nitro groups is 1. The van der Waals surface area contributed by atoms with Gasteiger partial charge in [-0.3, -0.25) is 35.2 Å². The molecule has 1 aromatic heterocycles. The third-order valence-electron chi connectivity index (χ3n) is 3.89. The van der Waals surface area contributed by atoms with E-state index in [1.807, 2.05) is 0 Å². The number of nitro benzene ring substituents is 1. The maximum absolute atomic E-state index is 14.1. The maximum atomic E-state index is 14.1. The second kappa shape index (κ2) is 7.84. The van der Waals surface area contributed by atoms with Crippen LogP contribution in [0.5, 0.6) is 0 Å². The molecule has 2 amide bonds. The van der Waals surface area contributed by atoms with E-state index >= 15 is 0 Å². The monoisotopic (exact) mass is 401 g/mol. The zero-order chi connectivity index (χ0) is 21.1. The lowest BCUT2D eigenvalue weighted by molar-refractivity contribution is -0.384. The molecule has 0 saturated carbocycles. The van der Waals surface area contributed by atoms with E-state index in [0.29, 0.717) is 6.07 Å². The molecule has 0 aliphatic heterocycles. The van der Waals surface area contributed by atoms with Crippen LogP contribution in [0.4, 0.5) is 14.5 Å². The Morgan fingerprint density at radius 3 is 2.34 bits per heavy atom. The van der Waals surface area contributed by atoms with Crippen LogP contribution in [0.25, 0.3) is 11.3 Å². The Bertz CT molecular complexity index is 1110. The number of carbonyl (C=O) groups excluding carboxylic acids is 2. The quantitative estimate of drug-likeness (QED) is 0.514. The standard InChI is InChI=1S/C18H13F2N5O4/c1-24-9-14(16(23-24)13-7-4-11(19)8-15(13)20)18(27)22-21-17(26)10-2-5-12(6-3-10)25(28)29/h2-9H,1H3,(H,21,26)(H,22,27). The van der Waals surface area contributed by atoms with Gasteiger partial charge in [0.1, 0.15) is 17.3 Å². The highest BCUT2D eigenvalue weighted by molar-refractivity contribution is 6.02. The second-order valence-electron chi connectivity index (χ2n) is 5.90. The number of hydrogen-bond acceptors (Lipinski definition) is 5. The van der Waals surface area contributed by atoms with E-state index in [1.165, 1.54) is 30.1 Å². The van der Waals surface area contributed by atoms with Gasteiger partial charge in [0.15, 0.2) is 0 Å². The number of non-ortho nitro benzene ring substituents is 1. The Hall–Kier alpha value is -4.15. The Balaban J connectivity index is 1.76. The van der Waals surface area contributed by atoms with Crippen LogP contribution < -0.4 is 10.9 Å². The van der Waals surface area contributed by atoms with E-state index in [9.17, 15) is 28.5 Å². The summed E-state index contributed by atoms with van der Waals surface area (Å²) in [6.07, 6.45) is 1.31. The van der Waals surface area contributed by atoms with Gasteiger partial charge in [-0.15, -0.1) is 0 Å². The van der Waals surface area contributed by atoms with Crippen molar-refractivity contribution in [3.05, 3.63) is 81.5 Å². The van der Waals surface area contributed by atoms with Crippen molar-refractivity contribution in [3.8, 4) is 11.3 Å². The van der Waals surface area contributed by atoms with Crippen LogP contribution in [-0.4, -0.2) is 26.5 Å². The molecule has 3 aromatic rings. The molecule has 0 aliphatic carbocycles. The summed E-state index contributed by atoms with van der Waals surface area (Å²) < 4.78 is 28.5.